The number of aromatic hydroxyl groups is 2. The molecule has 176 valence electrons. The predicted octanol–water partition coefficient (Wildman–Crippen LogP) is 6.73. The van der Waals surface area contributed by atoms with Crippen molar-refractivity contribution in [1.82, 2.24) is 0 Å². The SMILES string of the molecule is COC1=C(c2ccc(OC)c(Cl)c2)Oc2c(CC=C(C)C)c(O)c(CC=C(C)C)c(O)c2C1. The van der Waals surface area contributed by atoms with Gasteiger partial charge >= 0.3 is 0 Å². The summed E-state index contributed by atoms with van der Waals surface area (Å²) in [6.45, 7) is 7.97. The van der Waals surface area contributed by atoms with Gasteiger partial charge in [0.1, 0.15) is 28.8 Å². The Labute approximate surface area is 200 Å². The third-order valence-corrected chi connectivity index (χ3v) is 5.87. The number of hydrogen-bond donors (Lipinski definition) is 2. The van der Waals surface area contributed by atoms with E-state index in [1.807, 2.05) is 45.9 Å². The molecule has 33 heavy (non-hydrogen) atoms. The van der Waals surface area contributed by atoms with Gasteiger partial charge in [0.25, 0.3) is 0 Å². The highest BCUT2D eigenvalue weighted by molar-refractivity contribution is 6.32. The molecule has 0 amide bonds. The number of hydrogen-bond acceptors (Lipinski definition) is 5. The molecule has 0 atom stereocenters. The number of ether oxygens (including phenoxy) is 3. The Morgan fingerprint density at radius 1 is 0.970 bits per heavy atom. The van der Waals surface area contributed by atoms with Gasteiger partial charge in [-0.1, -0.05) is 34.9 Å². The average Bonchev–Trinajstić information content (AvgIpc) is 2.77. The lowest BCUT2D eigenvalue weighted by Gasteiger charge is -2.27. The molecule has 3 rings (SSSR count). The van der Waals surface area contributed by atoms with Crippen LogP contribution in [0.3, 0.4) is 0 Å². The number of rotatable bonds is 7. The van der Waals surface area contributed by atoms with E-state index in [9.17, 15) is 10.2 Å². The molecule has 0 radical (unpaired) electrons. The first-order valence-electron chi connectivity index (χ1n) is 10.8. The number of fused-ring (bicyclic) bond motifs is 1. The fourth-order valence-corrected chi connectivity index (χ4v) is 4.01. The van der Waals surface area contributed by atoms with Gasteiger partial charge in [-0.15, -0.1) is 0 Å². The van der Waals surface area contributed by atoms with Crippen LogP contribution in [-0.4, -0.2) is 24.4 Å². The van der Waals surface area contributed by atoms with Crippen LogP contribution in [0.2, 0.25) is 5.02 Å². The van der Waals surface area contributed by atoms with Gasteiger partial charge < -0.3 is 24.4 Å². The van der Waals surface area contributed by atoms with Crippen LogP contribution in [0.15, 0.2) is 47.3 Å². The lowest BCUT2D eigenvalue weighted by molar-refractivity contribution is 0.263. The highest BCUT2D eigenvalue weighted by atomic mass is 35.5. The first-order chi connectivity index (χ1) is 15.7. The van der Waals surface area contributed by atoms with Gasteiger partial charge in [-0.3, -0.25) is 0 Å². The highest BCUT2D eigenvalue weighted by Crippen LogP contribution is 2.49. The summed E-state index contributed by atoms with van der Waals surface area (Å²) in [6, 6.07) is 5.35. The molecule has 2 N–H and O–H groups in total. The van der Waals surface area contributed by atoms with Gasteiger partial charge in [0.2, 0.25) is 0 Å². The van der Waals surface area contributed by atoms with Crippen LogP contribution in [0, 0.1) is 0 Å². The number of phenols is 2. The van der Waals surface area contributed by atoms with Gasteiger partial charge in [-0.25, -0.2) is 0 Å². The van der Waals surface area contributed by atoms with Gasteiger partial charge in [0, 0.05) is 28.7 Å². The quantitative estimate of drug-likeness (QED) is 0.439. The Balaban J connectivity index is 2.20. The fourth-order valence-electron chi connectivity index (χ4n) is 3.75. The Hall–Kier alpha value is -3.05. The highest BCUT2D eigenvalue weighted by Gasteiger charge is 2.31. The lowest BCUT2D eigenvalue weighted by Crippen LogP contribution is -2.14. The Kier molecular flexibility index (Phi) is 7.65. The minimum atomic E-state index is 0.0299. The van der Waals surface area contributed by atoms with Crippen molar-refractivity contribution in [2.75, 3.05) is 14.2 Å². The van der Waals surface area contributed by atoms with E-state index in [0.29, 0.717) is 69.6 Å². The second-order valence-electron chi connectivity index (χ2n) is 8.52. The fraction of sp³-hybridized carbons (Fsp3) is 0.333. The number of methoxy groups -OCH3 is 2. The zero-order valence-electron chi connectivity index (χ0n) is 20.0. The summed E-state index contributed by atoms with van der Waals surface area (Å²) < 4.78 is 17.3. The second kappa shape index (κ2) is 10.3. The third kappa shape index (κ3) is 5.14. The molecule has 2 aromatic rings. The van der Waals surface area contributed by atoms with E-state index >= 15 is 0 Å². The van der Waals surface area contributed by atoms with Crippen LogP contribution in [0.25, 0.3) is 5.76 Å². The van der Waals surface area contributed by atoms with Crippen LogP contribution in [0.4, 0.5) is 0 Å². The maximum atomic E-state index is 11.2. The molecule has 0 fully saturated rings. The summed E-state index contributed by atoms with van der Waals surface area (Å²) >= 11 is 6.35. The van der Waals surface area contributed by atoms with Crippen LogP contribution < -0.4 is 9.47 Å². The van der Waals surface area contributed by atoms with Crippen LogP contribution in [-0.2, 0) is 24.0 Å². The zero-order chi connectivity index (χ0) is 24.3. The minimum Gasteiger partial charge on any atom is -0.507 e. The first kappa shape index (κ1) is 24.6. The van der Waals surface area contributed by atoms with Gasteiger partial charge in [-0.2, -0.15) is 0 Å². The van der Waals surface area contributed by atoms with Crippen LogP contribution >= 0.6 is 11.6 Å². The molecular weight excluding hydrogens is 440 g/mol. The maximum Gasteiger partial charge on any atom is 0.172 e. The van der Waals surface area contributed by atoms with Crippen molar-refractivity contribution in [2.45, 2.75) is 47.0 Å². The monoisotopic (exact) mass is 470 g/mol. The van der Waals surface area contributed by atoms with E-state index in [1.165, 1.54) is 0 Å². The second-order valence-corrected chi connectivity index (χ2v) is 8.92. The number of phenolic OH excluding ortho intramolecular Hbond substituents is 2. The molecular formula is C27H31ClO5. The molecule has 5 nitrogen and oxygen atoms in total. The zero-order valence-corrected chi connectivity index (χ0v) is 20.8. The molecule has 0 aromatic heterocycles. The van der Waals surface area contributed by atoms with E-state index in [4.69, 9.17) is 25.8 Å². The van der Waals surface area contributed by atoms with Crippen molar-refractivity contribution in [3.05, 3.63) is 74.5 Å². The van der Waals surface area contributed by atoms with Crippen LogP contribution in [0.1, 0.15) is 49.9 Å². The Morgan fingerprint density at radius 3 is 2.15 bits per heavy atom. The maximum absolute atomic E-state index is 11.2. The molecule has 0 bridgehead atoms. The number of halogens is 1. The summed E-state index contributed by atoms with van der Waals surface area (Å²) in [4.78, 5) is 0. The molecule has 6 heteroatoms. The van der Waals surface area contributed by atoms with Crippen molar-refractivity contribution < 1.29 is 24.4 Å². The van der Waals surface area contributed by atoms with Crippen molar-refractivity contribution in [3.8, 4) is 23.0 Å². The summed E-state index contributed by atoms with van der Waals surface area (Å²) in [5.41, 5.74) is 4.65. The van der Waals surface area contributed by atoms with Crippen molar-refractivity contribution in [3.63, 3.8) is 0 Å². The average molecular weight is 471 g/mol. The first-order valence-corrected chi connectivity index (χ1v) is 11.2. The molecule has 0 unspecified atom stereocenters. The number of benzene rings is 2. The minimum absolute atomic E-state index is 0.0299. The van der Waals surface area contributed by atoms with Crippen molar-refractivity contribution in [1.29, 1.82) is 0 Å². The van der Waals surface area contributed by atoms with Crippen LogP contribution in [0.5, 0.6) is 23.0 Å². The molecule has 1 aliphatic heterocycles. The Bertz CT molecular complexity index is 1150. The van der Waals surface area contributed by atoms with Gasteiger partial charge in [0.15, 0.2) is 5.76 Å². The molecule has 2 aromatic carbocycles. The molecule has 0 aliphatic carbocycles. The van der Waals surface area contributed by atoms with Gasteiger partial charge in [-0.05, 0) is 58.7 Å². The van der Waals surface area contributed by atoms with Crippen molar-refractivity contribution >= 4 is 17.4 Å². The summed E-state index contributed by atoms with van der Waals surface area (Å²) in [6.07, 6.45) is 5.22. The summed E-state index contributed by atoms with van der Waals surface area (Å²) in [5, 5.41) is 22.7. The van der Waals surface area contributed by atoms with E-state index < -0.39 is 0 Å². The predicted molar refractivity (Wildman–Crippen MR) is 132 cm³/mol. The van der Waals surface area contributed by atoms with Crippen molar-refractivity contribution in [2.24, 2.45) is 0 Å². The standard InChI is InChI=1S/C27H31ClO5/c1-15(2)7-10-18-24(29)19(11-8-16(3)4)27-20(25(18)30)14-23(32-6)26(33-27)17-9-12-22(31-5)21(28)13-17/h7-9,12-13,29-30H,10-11,14H2,1-6H3. The molecule has 0 saturated heterocycles. The smallest absolute Gasteiger partial charge is 0.172 e. The van der Waals surface area contributed by atoms with E-state index in [2.05, 4.69) is 0 Å². The normalized spacial score (nSPS) is 12.6. The molecule has 0 spiro atoms. The Morgan fingerprint density at radius 2 is 1.61 bits per heavy atom. The lowest BCUT2D eigenvalue weighted by atomic mass is 9.91. The van der Waals surface area contributed by atoms with E-state index in [-0.39, 0.29) is 11.5 Å². The molecule has 0 saturated carbocycles. The summed E-state index contributed by atoms with van der Waals surface area (Å²) in [7, 11) is 3.13. The largest absolute Gasteiger partial charge is 0.507 e. The topological polar surface area (TPSA) is 68.2 Å². The van der Waals surface area contributed by atoms with E-state index in [1.54, 1.807) is 26.4 Å². The van der Waals surface area contributed by atoms with E-state index in [0.717, 1.165) is 11.1 Å². The summed E-state index contributed by atoms with van der Waals surface area (Å²) in [5.74, 6) is 2.14. The molecule has 1 aliphatic rings. The third-order valence-electron chi connectivity index (χ3n) is 5.58. The molecule has 1 heterocycles. The van der Waals surface area contributed by atoms with Gasteiger partial charge in [0.05, 0.1) is 19.2 Å². The number of allylic oxidation sites excluding steroid dienone is 5.